The van der Waals surface area contributed by atoms with Crippen molar-refractivity contribution >= 4 is 21.6 Å². The van der Waals surface area contributed by atoms with Crippen LogP contribution in [0.2, 0.25) is 0 Å². The van der Waals surface area contributed by atoms with Crippen LogP contribution in [-0.4, -0.2) is 21.3 Å². The molecule has 5 heteroatoms. The lowest BCUT2D eigenvalue weighted by Crippen LogP contribution is -2.02. The van der Waals surface area contributed by atoms with E-state index in [0.29, 0.717) is 18.0 Å². The summed E-state index contributed by atoms with van der Waals surface area (Å²) in [5.74, 6) is 2.21. The molecule has 0 heterocycles. The van der Waals surface area contributed by atoms with E-state index in [2.05, 4.69) is 21.2 Å². The van der Waals surface area contributed by atoms with Gasteiger partial charge < -0.3 is 19.5 Å². The minimum Gasteiger partial charge on any atom is -0.495 e. The highest BCUT2D eigenvalue weighted by atomic mass is 79.9. The molecule has 0 saturated heterocycles. The highest BCUT2D eigenvalue weighted by Gasteiger charge is 2.10. The number of anilines is 1. The summed E-state index contributed by atoms with van der Waals surface area (Å²) in [6.07, 6.45) is 0. The van der Waals surface area contributed by atoms with Crippen molar-refractivity contribution in [3.05, 3.63) is 46.4 Å². The van der Waals surface area contributed by atoms with Crippen LogP contribution >= 0.6 is 15.9 Å². The van der Waals surface area contributed by atoms with Gasteiger partial charge >= 0.3 is 0 Å². The van der Waals surface area contributed by atoms with Gasteiger partial charge in [-0.1, -0.05) is 12.1 Å². The molecule has 0 aromatic heterocycles. The summed E-state index contributed by atoms with van der Waals surface area (Å²) < 4.78 is 16.8. The second kappa shape index (κ2) is 7.22. The van der Waals surface area contributed by atoms with Gasteiger partial charge in [0.2, 0.25) is 0 Å². The van der Waals surface area contributed by atoms with Crippen LogP contribution in [-0.2, 0) is 6.54 Å². The Hall–Kier alpha value is -1.88. The molecule has 0 fully saturated rings. The number of para-hydroxylation sites is 2. The molecule has 0 saturated carbocycles. The normalized spacial score (nSPS) is 10.1. The SMILES string of the molecule is COc1ccccc1NCc1cc(Br)c(OC)c(OC)c1. The topological polar surface area (TPSA) is 39.7 Å². The fourth-order valence-electron chi connectivity index (χ4n) is 2.06. The number of methoxy groups -OCH3 is 3. The van der Waals surface area contributed by atoms with Gasteiger partial charge in [-0.05, 0) is 45.8 Å². The maximum atomic E-state index is 5.35. The standard InChI is InChI=1S/C16H18BrNO3/c1-19-14-7-5-4-6-13(14)18-10-11-8-12(17)16(21-3)15(9-11)20-2/h4-9,18H,10H2,1-3H3. The lowest BCUT2D eigenvalue weighted by Gasteiger charge is -2.14. The predicted molar refractivity (Wildman–Crippen MR) is 87.6 cm³/mol. The van der Waals surface area contributed by atoms with Crippen molar-refractivity contribution in [2.75, 3.05) is 26.6 Å². The molecule has 21 heavy (non-hydrogen) atoms. The number of hydrogen-bond acceptors (Lipinski definition) is 4. The Morgan fingerprint density at radius 2 is 1.67 bits per heavy atom. The Bertz CT molecular complexity index is 616. The van der Waals surface area contributed by atoms with E-state index >= 15 is 0 Å². The van der Waals surface area contributed by atoms with Crippen LogP contribution in [0.25, 0.3) is 0 Å². The average molecular weight is 352 g/mol. The molecule has 0 radical (unpaired) electrons. The molecular weight excluding hydrogens is 334 g/mol. The van der Waals surface area contributed by atoms with Gasteiger partial charge in [0.05, 0.1) is 31.5 Å². The van der Waals surface area contributed by atoms with Gasteiger partial charge in [0.25, 0.3) is 0 Å². The van der Waals surface area contributed by atoms with Crippen LogP contribution in [0.5, 0.6) is 17.2 Å². The van der Waals surface area contributed by atoms with Crippen LogP contribution in [0.1, 0.15) is 5.56 Å². The molecule has 0 aliphatic carbocycles. The maximum absolute atomic E-state index is 5.35. The van der Waals surface area contributed by atoms with E-state index in [1.54, 1.807) is 21.3 Å². The smallest absolute Gasteiger partial charge is 0.174 e. The van der Waals surface area contributed by atoms with Crippen LogP contribution in [0, 0.1) is 0 Å². The quantitative estimate of drug-likeness (QED) is 0.850. The van der Waals surface area contributed by atoms with Crippen molar-refractivity contribution in [3.8, 4) is 17.2 Å². The Labute approximate surface area is 133 Å². The summed E-state index contributed by atoms with van der Waals surface area (Å²) in [7, 11) is 4.91. The van der Waals surface area contributed by atoms with Gasteiger partial charge in [-0.15, -0.1) is 0 Å². The maximum Gasteiger partial charge on any atom is 0.174 e. The zero-order valence-electron chi connectivity index (χ0n) is 12.3. The first kappa shape index (κ1) is 15.5. The molecule has 4 nitrogen and oxygen atoms in total. The van der Waals surface area contributed by atoms with E-state index in [1.165, 1.54) is 0 Å². The lowest BCUT2D eigenvalue weighted by molar-refractivity contribution is 0.352. The second-order valence-corrected chi connectivity index (χ2v) is 5.22. The molecule has 0 amide bonds. The third-order valence-corrected chi connectivity index (χ3v) is 3.67. The highest BCUT2D eigenvalue weighted by Crippen LogP contribution is 2.36. The van der Waals surface area contributed by atoms with Gasteiger partial charge in [0.1, 0.15) is 5.75 Å². The van der Waals surface area contributed by atoms with Gasteiger partial charge in [-0.2, -0.15) is 0 Å². The molecule has 2 aromatic carbocycles. The Morgan fingerprint density at radius 1 is 0.952 bits per heavy atom. The Balaban J connectivity index is 2.18. The Kier molecular flexibility index (Phi) is 5.33. The summed E-state index contributed by atoms with van der Waals surface area (Å²) in [6, 6.07) is 11.8. The summed E-state index contributed by atoms with van der Waals surface area (Å²) in [4.78, 5) is 0. The molecule has 2 rings (SSSR count). The number of halogens is 1. The van der Waals surface area contributed by atoms with E-state index < -0.39 is 0 Å². The number of benzene rings is 2. The molecule has 0 spiro atoms. The van der Waals surface area contributed by atoms with Crippen LogP contribution in [0.4, 0.5) is 5.69 Å². The summed E-state index contributed by atoms with van der Waals surface area (Å²) in [5.41, 5.74) is 2.02. The number of ether oxygens (including phenoxy) is 3. The molecule has 112 valence electrons. The van der Waals surface area contributed by atoms with Crippen molar-refractivity contribution in [2.45, 2.75) is 6.54 Å². The lowest BCUT2D eigenvalue weighted by atomic mass is 10.2. The van der Waals surface area contributed by atoms with Gasteiger partial charge in [-0.3, -0.25) is 0 Å². The van der Waals surface area contributed by atoms with Crippen molar-refractivity contribution in [1.82, 2.24) is 0 Å². The third kappa shape index (κ3) is 3.61. The van der Waals surface area contributed by atoms with Gasteiger partial charge in [0, 0.05) is 6.54 Å². The minimum absolute atomic E-state index is 0.652. The average Bonchev–Trinajstić information content (AvgIpc) is 2.52. The number of rotatable bonds is 6. The Morgan fingerprint density at radius 3 is 2.33 bits per heavy atom. The molecular formula is C16H18BrNO3. The molecule has 0 bridgehead atoms. The fraction of sp³-hybridized carbons (Fsp3) is 0.250. The summed E-state index contributed by atoms with van der Waals surface area (Å²) in [5, 5.41) is 3.35. The third-order valence-electron chi connectivity index (χ3n) is 3.08. The van der Waals surface area contributed by atoms with Crippen molar-refractivity contribution < 1.29 is 14.2 Å². The molecule has 0 atom stereocenters. The zero-order valence-corrected chi connectivity index (χ0v) is 13.9. The van der Waals surface area contributed by atoms with Gasteiger partial charge in [-0.25, -0.2) is 0 Å². The molecule has 0 unspecified atom stereocenters. The first-order valence-electron chi connectivity index (χ1n) is 6.47. The van der Waals surface area contributed by atoms with E-state index in [-0.39, 0.29) is 0 Å². The first-order chi connectivity index (χ1) is 10.2. The molecule has 1 N–H and O–H groups in total. The minimum atomic E-state index is 0.652. The highest BCUT2D eigenvalue weighted by molar-refractivity contribution is 9.10. The summed E-state index contributed by atoms with van der Waals surface area (Å²) in [6.45, 7) is 0.652. The van der Waals surface area contributed by atoms with E-state index in [0.717, 1.165) is 21.5 Å². The summed E-state index contributed by atoms with van der Waals surface area (Å²) >= 11 is 3.50. The monoisotopic (exact) mass is 351 g/mol. The first-order valence-corrected chi connectivity index (χ1v) is 7.26. The van der Waals surface area contributed by atoms with E-state index in [4.69, 9.17) is 14.2 Å². The van der Waals surface area contributed by atoms with Crippen molar-refractivity contribution in [1.29, 1.82) is 0 Å². The molecule has 2 aromatic rings. The van der Waals surface area contributed by atoms with Crippen molar-refractivity contribution in [3.63, 3.8) is 0 Å². The van der Waals surface area contributed by atoms with Crippen LogP contribution < -0.4 is 19.5 Å². The van der Waals surface area contributed by atoms with Gasteiger partial charge in [0.15, 0.2) is 11.5 Å². The van der Waals surface area contributed by atoms with E-state index in [9.17, 15) is 0 Å². The van der Waals surface area contributed by atoms with E-state index in [1.807, 2.05) is 36.4 Å². The molecule has 0 aliphatic rings. The largest absolute Gasteiger partial charge is 0.495 e. The molecule has 0 aliphatic heterocycles. The van der Waals surface area contributed by atoms with Crippen LogP contribution in [0.15, 0.2) is 40.9 Å². The second-order valence-electron chi connectivity index (χ2n) is 4.37. The zero-order chi connectivity index (χ0) is 15.2. The number of nitrogens with one attached hydrogen (secondary N) is 1. The number of hydrogen-bond donors (Lipinski definition) is 1. The fourth-order valence-corrected chi connectivity index (χ4v) is 2.71. The predicted octanol–water partition coefficient (Wildman–Crippen LogP) is 4.09. The van der Waals surface area contributed by atoms with Crippen molar-refractivity contribution in [2.24, 2.45) is 0 Å². The van der Waals surface area contributed by atoms with Crippen LogP contribution in [0.3, 0.4) is 0 Å².